The Morgan fingerprint density at radius 1 is 1.23 bits per heavy atom. The fraction of sp³-hybridized carbons (Fsp3) is 0.0625. The molecule has 0 spiro atoms. The predicted molar refractivity (Wildman–Crippen MR) is 83.4 cm³/mol. The zero-order chi connectivity index (χ0) is 15.5. The summed E-state index contributed by atoms with van der Waals surface area (Å²) in [6.45, 7) is 0. The topological polar surface area (TPSA) is 78.9 Å². The summed E-state index contributed by atoms with van der Waals surface area (Å²) in [4.78, 5) is 15.5. The van der Waals surface area contributed by atoms with E-state index >= 15 is 0 Å². The Labute approximate surface area is 126 Å². The number of carboxylic acid groups (broad SMARTS) is 1. The molecule has 0 fully saturated rings. The first kappa shape index (κ1) is 13.8. The molecule has 0 atom stereocenters. The van der Waals surface area contributed by atoms with E-state index in [0.29, 0.717) is 17.2 Å². The van der Waals surface area contributed by atoms with Crippen molar-refractivity contribution in [3.8, 4) is 0 Å². The number of aromatic carboxylic acids is 1. The Bertz CT molecular complexity index is 821. The summed E-state index contributed by atoms with van der Waals surface area (Å²) in [5.41, 5.74) is 2.12. The lowest BCUT2D eigenvalue weighted by Gasteiger charge is -2.07. The zero-order valence-electron chi connectivity index (χ0n) is 11.8. The molecule has 3 rings (SSSR count). The molecule has 3 aromatic rings. The maximum Gasteiger partial charge on any atom is 0.336 e. The summed E-state index contributed by atoms with van der Waals surface area (Å²) in [7, 11) is 1.69. The van der Waals surface area contributed by atoms with Gasteiger partial charge in [-0.05, 0) is 18.2 Å². The number of carbonyl (C=O) groups is 1. The van der Waals surface area contributed by atoms with Crippen LogP contribution in [0.1, 0.15) is 15.9 Å². The Kier molecular flexibility index (Phi) is 3.57. The normalized spacial score (nSPS) is 11.1. The lowest BCUT2D eigenvalue weighted by Crippen LogP contribution is -2.10. The van der Waals surface area contributed by atoms with Crippen molar-refractivity contribution in [2.45, 2.75) is 0 Å². The molecule has 0 aliphatic carbocycles. The number of hydrazone groups is 1. The number of nitrogens with zero attached hydrogens (tertiary/aromatic N) is 3. The fourth-order valence-corrected chi connectivity index (χ4v) is 2.00. The first-order valence-electron chi connectivity index (χ1n) is 6.61. The van der Waals surface area contributed by atoms with E-state index in [1.54, 1.807) is 25.2 Å². The van der Waals surface area contributed by atoms with E-state index in [2.05, 4.69) is 10.1 Å². The van der Waals surface area contributed by atoms with Crippen LogP contribution < -0.4 is 5.01 Å². The van der Waals surface area contributed by atoms with Crippen molar-refractivity contribution in [3.63, 3.8) is 0 Å². The highest BCUT2D eigenvalue weighted by atomic mass is 16.4. The van der Waals surface area contributed by atoms with Crippen molar-refractivity contribution in [2.75, 3.05) is 12.1 Å². The van der Waals surface area contributed by atoms with Crippen LogP contribution in [0.2, 0.25) is 0 Å². The number of oxazole rings is 1. The molecule has 0 unspecified atom stereocenters. The summed E-state index contributed by atoms with van der Waals surface area (Å²) in [6.07, 6.45) is 1.47. The SMILES string of the molecule is CN(N=Cc1ccccc1C(=O)O)c1nc2ccccc2o1. The number of rotatable bonds is 4. The third-order valence-electron chi connectivity index (χ3n) is 3.12. The van der Waals surface area contributed by atoms with E-state index in [-0.39, 0.29) is 5.56 Å². The first-order valence-corrected chi connectivity index (χ1v) is 6.61. The number of benzene rings is 2. The van der Waals surface area contributed by atoms with Crippen LogP contribution >= 0.6 is 0 Å². The lowest BCUT2D eigenvalue weighted by atomic mass is 10.1. The van der Waals surface area contributed by atoms with Crippen LogP contribution in [0, 0.1) is 0 Å². The van der Waals surface area contributed by atoms with Gasteiger partial charge in [0.1, 0.15) is 5.52 Å². The number of hydrogen-bond donors (Lipinski definition) is 1. The summed E-state index contributed by atoms with van der Waals surface area (Å²) in [5, 5.41) is 14.8. The van der Waals surface area contributed by atoms with Crippen molar-refractivity contribution in [1.82, 2.24) is 4.98 Å². The van der Waals surface area contributed by atoms with Gasteiger partial charge >= 0.3 is 12.0 Å². The maximum atomic E-state index is 11.1. The number of para-hydroxylation sites is 2. The highest BCUT2D eigenvalue weighted by Gasteiger charge is 2.10. The van der Waals surface area contributed by atoms with Crippen molar-refractivity contribution in [2.24, 2.45) is 5.10 Å². The van der Waals surface area contributed by atoms with E-state index in [1.165, 1.54) is 17.3 Å². The highest BCUT2D eigenvalue weighted by molar-refractivity contribution is 5.98. The van der Waals surface area contributed by atoms with E-state index in [1.807, 2.05) is 24.3 Å². The number of carboxylic acids is 1. The smallest absolute Gasteiger partial charge is 0.336 e. The van der Waals surface area contributed by atoms with E-state index < -0.39 is 5.97 Å². The third-order valence-corrected chi connectivity index (χ3v) is 3.12. The molecule has 0 saturated carbocycles. The Balaban J connectivity index is 1.87. The molecule has 110 valence electrons. The molecule has 0 radical (unpaired) electrons. The average Bonchev–Trinajstić information content (AvgIpc) is 2.97. The minimum absolute atomic E-state index is 0.192. The molecule has 0 aliphatic rings. The molecule has 0 saturated heterocycles. The number of aromatic nitrogens is 1. The van der Waals surface area contributed by atoms with Crippen LogP contribution in [0.15, 0.2) is 58.0 Å². The molecule has 1 N–H and O–H groups in total. The molecule has 0 amide bonds. The van der Waals surface area contributed by atoms with Crippen LogP contribution in [0.3, 0.4) is 0 Å². The van der Waals surface area contributed by atoms with Gasteiger partial charge in [0.2, 0.25) is 0 Å². The van der Waals surface area contributed by atoms with Crippen LogP contribution in [-0.2, 0) is 0 Å². The lowest BCUT2D eigenvalue weighted by molar-refractivity contribution is 0.0697. The summed E-state index contributed by atoms with van der Waals surface area (Å²) in [5.74, 6) is -0.994. The van der Waals surface area contributed by atoms with Gasteiger partial charge in [-0.1, -0.05) is 30.3 Å². The van der Waals surface area contributed by atoms with Crippen LogP contribution in [-0.4, -0.2) is 29.3 Å². The fourth-order valence-electron chi connectivity index (χ4n) is 2.00. The Hall–Kier alpha value is -3.15. The van der Waals surface area contributed by atoms with E-state index in [0.717, 1.165) is 5.52 Å². The minimum Gasteiger partial charge on any atom is -0.478 e. The van der Waals surface area contributed by atoms with Gasteiger partial charge < -0.3 is 9.52 Å². The quantitative estimate of drug-likeness (QED) is 0.591. The van der Waals surface area contributed by atoms with Crippen molar-refractivity contribution < 1.29 is 14.3 Å². The van der Waals surface area contributed by atoms with E-state index in [9.17, 15) is 4.79 Å². The van der Waals surface area contributed by atoms with Crippen molar-refractivity contribution >= 4 is 29.3 Å². The minimum atomic E-state index is -0.994. The molecule has 6 heteroatoms. The maximum absolute atomic E-state index is 11.1. The standard InChI is InChI=1S/C16H13N3O3/c1-19(16-18-13-8-4-5-9-14(13)22-16)17-10-11-6-2-3-7-12(11)15(20)21/h2-10H,1H3,(H,20,21). The Morgan fingerprint density at radius 3 is 2.73 bits per heavy atom. The molecule has 1 heterocycles. The first-order chi connectivity index (χ1) is 10.6. The summed E-state index contributed by atoms with van der Waals surface area (Å²) in [6, 6.07) is 14.4. The zero-order valence-corrected chi connectivity index (χ0v) is 11.8. The van der Waals surface area contributed by atoms with Gasteiger partial charge in [-0.3, -0.25) is 0 Å². The summed E-state index contributed by atoms with van der Waals surface area (Å²) >= 11 is 0. The molecular formula is C16H13N3O3. The highest BCUT2D eigenvalue weighted by Crippen LogP contribution is 2.20. The van der Waals surface area contributed by atoms with Gasteiger partial charge in [0, 0.05) is 12.6 Å². The summed E-state index contributed by atoms with van der Waals surface area (Å²) < 4.78 is 5.58. The van der Waals surface area contributed by atoms with Crippen molar-refractivity contribution in [3.05, 3.63) is 59.7 Å². The monoisotopic (exact) mass is 295 g/mol. The van der Waals surface area contributed by atoms with Crippen LogP contribution in [0.4, 0.5) is 6.01 Å². The third kappa shape index (κ3) is 2.67. The van der Waals surface area contributed by atoms with Gasteiger partial charge in [0.05, 0.1) is 11.8 Å². The van der Waals surface area contributed by atoms with Crippen LogP contribution in [0.5, 0.6) is 0 Å². The molecule has 2 aromatic carbocycles. The van der Waals surface area contributed by atoms with Crippen molar-refractivity contribution in [1.29, 1.82) is 0 Å². The van der Waals surface area contributed by atoms with Gasteiger partial charge in [0.25, 0.3) is 0 Å². The molecule has 0 aliphatic heterocycles. The second-order valence-electron chi connectivity index (χ2n) is 4.62. The van der Waals surface area contributed by atoms with Gasteiger partial charge in [-0.2, -0.15) is 10.1 Å². The molecular weight excluding hydrogens is 282 g/mol. The second-order valence-corrected chi connectivity index (χ2v) is 4.62. The van der Waals surface area contributed by atoms with Gasteiger partial charge in [-0.15, -0.1) is 0 Å². The average molecular weight is 295 g/mol. The van der Waals surface area contributed by atoms with Crippen LogP contribution in [0.25, 0.3) is 11.1 Å². The molecule has 1 aromatic heterocycles. The molecule has 6 nitrogen and oxygen atoms in total. The van der Waals surface area contributed by atoms with Gasteiger partial charge in [-0.25, -0.2) is 9.80 Å². The molecule has 0 bridgehead atoms. The largest absolute Gasteiger partial charge is 0.478 e. The Morgan fingerprint density at radius 2 is 1.95 bits per heavy atom. The number of anilines is 1. The van der Waals surface area contributed by atoms with E-state index in [4.69, 9.17) is 9.52 Å². The molecule has 22 heavy (non-hydrogen) atoms. The predicted octanol–water partition coefficient (Wildman–Crippen LogP) is 3.00. The number of fused-ring (bicyclic) bond motifs is 1. The second kappa shape index (κ2) is 5.69. The van der Waals surface area contributed by atoms with Gasteiger partial charge in [0.15, 0.2) is 5.58 Å². The number of hydrogen-bond acceptors (Lipinski definition) is 5.